The third-order valence-corrected chi connectivity index (χ3v) is 2.59. The molecule has 0 unspecified atom stereocenters. The molecular formula is C15H21NO3. The van der Waals surface area contributed by atoms with E-state index in [1.165, 1.54) is 0 Å². The maximum absolute atomic E-state index is 5.64. The van der Waals surface area contributed by atoms with Gasteiger partial charge in [-0.15, -0.1) is 12.3 Å². The van der Waals surface area contributed by atoms with Crippen LogP contribution in [0.15, 0.2) is 12.1 Å². The molecule has 0 aliphatic heterocycles. The van der Waals surface area contributed by atoms with Crippen molar-refractivity contribution in [1.82, 2.24) is 5.32 Å². The highest BCUT2D eigenvalue weighted by Gasteiger charge is 2.13. The van der Waals surface area contributed by atoms with Crippen LogP contribution in [-0.2, 0) is 6.54 Å². The molecule has 19 heavy (non-hydrogen) atoms. The van der Waals surface area contributed by atoms with Gasteiger partial charge < -0.3 is 19.5 Å². The van der Waals surface area contributed by atoms with Crippen LogP contribution < -0.4 is 19.5 Å². The second kappa shape index (κ2) is 8.28. The fraction of sp³-hybridized carbons (Fsp3) is 0.467. The first-order valence-corrected chi connectivity index (χ1v) is 6.28. The van der Waals surface area contributed by atoms with Gasteiger partial charge in [0.25, 0.3) is 0 Å². The third kappa shape index (κ3) is 4.38. The number of methoxy groups -OCH3 is 2. The fourth-order valence-corrected chi connectivity index (χ4v) is 1.66. The number of rotatable bonds is 8. The van der Waals surface area contributed by atoms with Gasteiger partial charge in [-0.3, -0.25) is 0 Å². The number of ether oxygens (including phenoxy) is 3. The first-order valence-electron chi connectivity index (χ1n) is 6.28. The first-order chi connectivity index (χ1) is 9.26. The summed E-state index contributed by atoms with van der Waals surface area (Å²) in [5, 5.41) is 3.26. The molecule has 1 aromatic rings. The average molecular weight is 263 g/mol. The predicted molar refractivity (Wildman–Crippen MR) is 75.9 cm³/mol. The van der Waals surface area contributed by atoms with Crippen LogP contribution in [0, 0.1) is 12.3 Å². The molecule has 0 spiro atoms. The highest BCUT2D eigenvalue weighted by atomic mass is 16.5. The van der Waals surface area contributed by atoms with Crippen LogP contribution in [0.4, 0.5) is 0 Å². The molecule has 0 amide bonds. The summed E-state index contributed by atoms with van der Waals surface area (Å²) >= 11 is 0. The van der Waals surface area contributed by atoms with Crippen molar-refractivity contribution < 1.29 is 14.2 Å². The minimum Gasteiger partial charge on any atom is -0.493 e. The quantitative estimate of drug-likeness (QED) is 0.576. The maximum Gasteiger partial charge on any atom is 0.203 e. The van der Waals surface area contributed by atoms with Crippen LogP contribution in [0.25, 0.3) is 0 Å². The normalized spacial score (nSPS) is 9.79. The van der Waals surface area contributed by atoms with E-state index in [0.717, 1.165) is 18.7 Å². The van der Waals surface area contributed by atoms with Crippen molar-refractivity contribution in [3.8, 4) is 29.6 Å². The van der Waals surface area contributed by atoms with Crippen molar-refractivity contribution in [3.63, 3.8) is 0 Å². The summed E-state index contributed by atoms with van der Waals surface area (Å²) in [6.45, 7) is 4.17. The molecule has 0 aliphatic carbocycles. The molecule has 0 atom stereocenters. The van der Waals surface area contributed by atoms with Gasteiger partial charge in [0.05, 0.1) is 20.8 Å². The topological polar surface area (TPSA) is 39.7 Å². The van der Waals surface area contributed by atoms with Gasteiger partial charge in [0, 0.05) is 13.0 Å². The van der Waals surface area contributed by atoms with E-state index in [0.29, 0.717) is 30.3 Å². The highest BCUT2D eigenvalue weighted by molar-refractivity contribution is 5.53. The Morgan fingerprint density at radius 1 is 1.21 bits per heavy atom. The van der Waals surface area contributed by atoms with Gasteiger partial charge in [-0.1, -0.05) is 6.92 Å². The summed E-state index contributed by atoms with van der Waals surface area (Å²) in [4.78, 5) is 0. The van der Waals surface area contributed by atoms with Crippen molar-refractivity contribution in [2.24, 2.45) is 0 Å². The van der Waals surface area contributed by atoms with Gasteiger partial charge >= 0.3 is 0 Å². The monoisotopic (exact) mass is 263 g/mol. The number of benzene rings is 1. The van der Waals surface area contributed by atoms with Crippen LogP contribution in [0.1, 0.15) is 18.9 Å². The van der Waals surface area contributed by atoms with Crippen LogP contribution in [0.3, 0.4) is 0 Å². The Hall–Kier alpha value is -1.86. The largest absolute Gasteiger partial charge is 0.493 e. The summed E-state index contributed by atoms with van der Waals surface area (Å²) in [6, 6.07) is 3.88. The van der Waals surface area contributed by atoms with E-state index in [-0.39, 0.29) is 0 Å². The van der Waals surface area contributed by atoms with Crippen molar-refractivity contribution in [3.05, 3.63) is 17.7 Å². The minimum atomic E-state index is 0.440. The van der Waals surface area contributed by atoms with Crippen LogP contribution >= 0.6 is 0 Å². The summed E-state index contributed by atoms with van der Waals surface area (Å²) in [5.41, 5.74) is 1.08. The molecule has 1 rings (SSSR count). The third-order valence-electron chi connectivity index (χ3n) is 2.59. The predicted octanol–water partition coefficient (Wildman–Crippen LogP) is 2.22. The van der Waals surface area contributed by atoms with E-state index in [9.17, 15) is 0 Å². The number of hydrogen-bond donors (Lipinski definition) is 1. The molecule has 0 radical (unpaired) electrons. The summed E-state index contributed by atoms with van der Waals surface area (Å²) in [5.74, 6) is 4.45. The Morgan fingerprint density at radius 3 is 2.32 bits per heavy atom. The van der Waals surface area contributed by atoms with Gasteiger partial charge in [0.1, 0.15) is 0 Å². The van der Waals surface area contributed by atoms with E-state index >= 15 is 0 Å². The molecule has 1 N–H and O–H groups in total. The zero-order valence-electron chi connectivity index (χ0n) is 11.8. The molecule has 104 valence electrons. The Balaban J connectivity index is 2.97. The second-order valence-electron chi connectivity index (χ2n) is 3.91. The van der Waals surface area contributed by atoms with E-state index in [2.05, 4.69) is 18.2 Å². The zero-order chi connectivity index (χ0) is 14.1. The van der Waals surface area contributed by atoms with E-state index in [1.54, 1.807) is 14.2 Å². The summed E-state index contributed by atoms with van der Waals surface area (Å²) in [7, 11) is 3.22. The molecule has 4 heteroatoms. The van der Waals surface area contributed by atoms with Gasteiger partial charge in [-0.25, -0.2) is 0 Å². The van der Waals surface area contributed by atoms with Gasteiger partial charge in [0.15, 0.2) is 11.5 Å². The average Bonchev–Trinajstić information content (AvgIpc) is 2.45. The lowest BCUT2D eigenvalue weighted by molar-refractivity contribution is 0.280. The van der Waals surface area contributed by atoms with Crippen LogP contribution in [-0.4, -0.2) is 27.4 Å². The lowest BCUT2D eigenvalue weighted by Crippen LogP contribution is -2.12. The van der Waals surface area contributed by atoms with E-state index in [1.807, 2.05) is 12.1 Å². The lowest BCUT2D eigenvalue weighted by Gasteiger charge is -2.15. The van der Waals surface area contributed by atoms with Crippen molar-refractivity contribution >= 4 is 0 Å². The van der Waals surface area contributed by atoms with E-state index in [4.69, 9.17) is 20.6 Å². The molecule has 4 nitrogen and oxygen atoms in total. The zero-order valence-corrected chi connectivity index (χ0v) is 11.8. The highest BCUT2D eigenvalue weighted by Crippen LogP contribution is 2.38. The summed E-state index contributed by atoms with van der Waals surface area (Å²) in [6.07, 6.45) is 5.76. The molecule has 0 aliphatic rings. The lowest BCUT2D eigenvalue weighted by atomic mass is 10.1. The molecule has 0 fully saturated rings. The Morgan fingerprint density at radius 2 is 1.84 bits per heavy atom. The van der Waals surface area contributed by atoms with Crippen LogP contribution in [0.5, 0.6) is 17.2 Å². The minimum absolute atomic E-state index is 0.440. The van der Waals surface area contributed by atoms with Gasteiger partial charge in [-0.05, 0) is 24.2 Å². The summed E-state index contributed by atoms with van der Waals surface area (Å²) < 4.78 is 16.3. The molecule has 0 heterocycles. The van der Waals surface area contributed by atoms with Crippen molar-refractivity contribution in [2.45, 2.75) is 19.9 Å². The van der Waals surface area contributed by atoms with Gasteiger partial charge in [-0.2, -0.15) is 0 Å². The van der Waals surface area contributed by atoms with Crippen molar-refractivity contribution in [2.75, 3.05) is 27.4 Å². The van der Waals surface area contributed by atoms with Gasteiger partial charge in [0.2, 0.25) is 5.75 Å². The molecular weight excluding hydrogens is 242 g/mol. The Labute approximate surface area is 115 Å². The fourth-order valence-electron chi connectivity index (χ4n) is 1.66. The van der Waals surface area contributed by atoms with Crippen molar-refractivity contribution in [1.29, 1.82) is 0 Å². The molecule has 0 saturated heterocycles. The van der Waals surface area contributed by atoms with E-state index < -0.39 is 0 Å². The Kier molecular flexibility index (Phi) is 6.62. The molecule has 0 aromatic heterocycles. The number of nitrogens with one attached hydrogen (secondary N) is 1. The second-order valence-corrected chi connectivity index (χ2v) is 3.91. The molecule has 1 aromatic carbocycles. The maximum atomic E-state index is 5.64. The molecule has 0 saturated carbocycles. The standard InChI is InChI=1S/C15H21NO3/c1-5-7-8-19-15-13(17-3)9-12(11-16-6-2)10-14(15)18-4/h1,9-10,16H,6-8,11H2,2-4H3. The number of terminal acetylenes is 1. The first kappa shape index (κ1) is 15.2. The Bertz CT molecular complexity index is 413. The smallest absolute Gasteiger partial charge is 0.203 e. The SMILES string of the molecule is C#CCCOc1c(OC)cc(CNCC)cc1OC. The molecule has 0 bridgehead atoms. The number of hydrogen-bond acceptors (Lipinski definition) is 4. The van der Waals surface area contributed by atoms with Crippen LogP contribution in [0.2, 0.25) is 0 Å².